The molecule has 3 aromatic rings. The molecule has 9 nitrogen and oxygen atoms in total. The van der Waals surface area contributed by atoms with Gasteiger partial charge >= 0.3 is 0 Å². The number of hydrogen-bond donors (Lipinski definition) is 2. The molecule has 10 heteroatoms. The quantitative estimate of drug-likeness (QED) is 0.395. The molecule has 2 amide bonds. The number of piperazine rings is 1. The number of H-pyrrole nitrogens is 1. The highest BCUT2D eigenvalue weighted by Crippen LogP contribution is 2.26. The fourth-order valence-electron chi connectivity index (χ4n) is 5.41. The Morgan fingerprint density at radius 1 is 1.08 bits per heavy atom. The maximum Gasteiger partial charge on any atom is 0.295 e. The van der Waals surface area contributed by atoms with Crippen molar-refractivity contribution in [3.8, 4) is 0 Å². The minimum atomic E-state index is -0.689. The third-order valence-electron chi connectivity index (χ3n) is 7.65. The third kappa shape index (κ3) is 4.93. The van der Waals surface area contributed by atoms with Gasteiger partial charge in [0, 0.05) is 56.4 Å². The Labute approximate surface area is 220 Å². The Bertz CT molecular complexity index is 1390. The van der Waals surface area contributed by atoms with E-state index in [2.05, 4.69) is 21.8 Å². The number of ketones is 1. The van der Waals surface area contributed by atoms with Crippen molar-refractivity contribution in [1.82, 2.24) is 24.7 Å². The average molecular weight is 522 g/mol. The molecule has 200 valence electrons. The SMILES string of the molecule is Cc1nc2[nH]cc(C(=O)C(=O)N3CC[C@@H](O)C3)c2cc1C(=O)N1C[C@H](C)N(Cc2ccc(F)cc2)C[C@H]1C. The van der Waals surface area contributed by atoms with Gasteiger partial charge in [-0.25, -0.2) is 9.37 Å². The number of aliphatic hydroxyl groups is 1. The summed E-state index contributed by atoms with van der Waals surface area (Å²) in [5.41, 5.74) is 2.53. The van der Waals surface area contributed by atoms with Crippen molar-refractivity contribution < 1.29 is 23.9 Å². The normalized spacial score (nSPS) is 22.3. The average Bonchev–Trinajstić information content (AvgIpc) is 3.51. The minimum absolute atomic E-state index is 0.0787. The Hall–Kier alpha value is -3.63. The molecule has 2 fully saturated rings. The monoisotopic (exact) mass is 521 g/mol. The predicted molar refractivity (Wildman–Crippen MR) is 139 cm³/mol. The molecule has 3 atom stereocenters. The number of carbonyl (C=O) groups excluding carboxylic acids is 3. The van der Waals surface area contributed by atoms with Gasteiger partial charge in [0.2, 0.25) is 0 Å². The number of benzene rings is 1. The van der Waals surface area contributed by atoms with E-state index in [9.17, 15) is 23.9 Å². The van der Waals surface area contributed by atoms with Crippen molar-refractivity contribution in [3.63, 3.8) is 0 Å². The summed E-state index contributed by atoms with van der Waals surface area (Å²) in [5, 5.41) is 10.2. The van der Waals surface area contributed by atoms with Crippen molar-refractivity contribution in [1.29, 1.82) is 0 Å². The third-order valence-corrected chi connectivity index (χ3v) is 7.65. The molecule has 2 aliphatic heterocycles. The molecule has 2 saturated heterocycles. The Kier molecular flexibility index (Phi) is 7.02. The summed E-state index contributed by atoms with van der Waals surface area (Å²) in [5.74, 6) is -1.80. The van der Waals surface area contributed by atoms with E-state index in [1.165, 1.54) is 23.2 Å². The van der Waals surface area contributed by atoms with Crippen LogP contribution in [0.3, 0.4) is 0 Å². The van der Waals surface area contributed by atoms with Gasteiger partial charge < -0.3 is 19.9 Å². The van der Waals surface area contributed by atoms with Gasteiger partial charge in [-0.3, -0.25) is 19.3 Å². The number of β-amino-alcohol motifs (C(OH)–C–C–N with tert-alkyl or cyclic N) is 1. The Balaban J connectivity index is 1.35. The molecule has 2 aliphatic rings. The van der Waals surface area contributed by atoms with Crippen molar-refractivity contribution in [2.45, 2.75) is 51.9 Å². The first-order valence-corrected chi connectivity index (χ1v) is 12.9. The molecule has 2 aromatic heterocycles. The number of aliphatic hydroxyl groups excluding tert-OH is 1. The number of Topliss-reactive ketones (excluding diaryl/α,β-unsaturated/α-hetero) is 1. The summed E-state index contributed by atoms with van der Waals surface area (Å²) in [4.78, 5) is 52.5. The molecule has 2 N–H and O–H groups in total. The summed E-state index contributed by atoms with van der Waals surface area (Å²) >= 11 is 0. The van der Waals surface area contributed by atoms with Gasteiger partial charge in [0.05, 0.1) is 22.9 Å². The Morgan fingerprint density at radius 3 is 2.50 bits per heavy atom. The molecule has 0 spiro atoms. The van der Waals surface area contributed by atoms with Gasteiger partial charge in [-0.1, -0.05) is 12.1 Å². The Morgan fingerprint density at radius 2 is 1.82 bits per heavy atom. The number of halogens is 1. The number of amides is 2. The molecule has 4 heterocycles. The van der Waals surface area contributed by atoms with E-state index in [1.807, 2.05) is 11.8 Å². The summed E-state index contributed by atoms with van der Waals surface area (Å²) in [7, 11) is 0. The van der Waals surface area contributed by atoms with Crippen LogP contribution in [0, 0.1) is 12.7 Å². The first-order valence-electron chi connectivity index (χ1n) is 12.9. The lowest BCUT2D eigenvalue weighted by molar-refractivity contribution is -0.125. The molecule has 0 unspecified atom stereocenters. The number of likely N-dealkylation sites (tertiary alicyclic amines) is 1. The second kappa shape index (κ2) is 10.3. The fraction of sp³-hybridized carbons (Fsp3) is 0.429. The van der Waals surface area contributed by atoms with Gasteiger partial charge in [-0.15, -0.1) is 0 Å². The van der Waals surface area contributed by atoms with Crippen molar-refractivity contribution >= 4 is 28.6 Å². The number of carbonyl (C=O) groups is 3. The molecule has 0 aliphatic carbocycles. The fourth-order valence-corrected chi connectivity index (χ4v) is 5.41. The lowest BCUT2D eigenvalue weighted by atomic mass is 10.0. The van der Waals surface area contributed by atoms with E-state index >= 15 is 0 Å². The van der Waals surface area contributed by atoms with Crippen molar-refractivity contribution in [2.24, 2.45) is 0 Å². The number of nitrogens with one attached hydrogen (secondary N) is 1. The van der Waals surface area contributed by atoms with Gasteiger partial charge in [0.1, 0.15) is 11.5 Å². The number of nitrogens with zero attached hydrogens (tertiary/aromatic N) is 4. The van der Waals surface area contributed by atoms with E-state index in [1.54, 1.807) is 25.1 Å². The molecule has 0 radical (unpaired) electrons. The van der Waals surface area contributed by atoms with Gasteiger partial charge in [0.15, 0.2) is 0 Å². The van der Waals surface area contributed by atoms with Crippen molar-refractivity contribution in [2.75, 3.05) is 26.2 Å². The number of aromatic amines is 1. The van der Waals surface area contributed by atoms with Crippen LogP contribution in [0.4, 0.5) is 4.39 Å². The summed E-state index contributed by atoms with van der Waals surface area (Å²) < 4.78 is 13.3. The summed E-state index contributed by atoms with van der Waals surface area (Å²) in [6, 6.07) is 8.12. The van der Waals surface area contributed by atoms with Gasteiger partial charge in [-0.2, -0.15) is 0 Å². The minimum Gasteiger partial charge on any atom is -0.391 e. The number of aromatic nitrogens is 2. The zero-order chi connectivity index (χ0) is 27.1. The van der Waals surface area contributed by atoms with E-state index in [4.69, 9.17) is 0 Å². The molecule has 1 aromatic carbocycles. The number of pyridine rings is 1. The van der Waals surface area contributed by atoms with E-state index in [-0.39, 0.29) is 35.9 Å². The highest BCUT2D eigenvalue weighted by atomic mass is 19.1. The van der Waals surface area contributed by atoms with E-state index in [0.29, 0.717) is 54.9 Å². The van der Waals surface area contributed by atoms with Crippen LogP contribution in [0.25, 0.3) is 11.0 Å². The van der Waals surface area contributed by atoms with Crippen LogP contribution in [0.15, 0.2) is 36.5 Å². The zero-order valence-corrected chi connectivity index (χ0v) is 21.8. The van der Waals surface area contributed by atoms with E-state index in [0.717, 1.165) is 5.56 Å². The van der Waals surface area contributed by atoms with Crippen LogP contribution in [-0.4, -0.2) is 91.7 Å². The molecule has 0 saturated carbocycles. The zero-order valence-electron chi connectivity index (χ0n) is 21.8. The van der Waals surface area contributed by atoms with Crippen molar-refractivity contribution in [3.05, 3.63) is 64.7 Å². The topological polar surface area (TPSA) is 110 Å². The highest BCUT2D eigenvalue weighted by Gasteiger charge is 2.34. The molecule has 5 rings (SSSR count). The number of rotatable bonds is 5. The van der Waals surface area contributed by atoms with Crippen LogP contribution in [-0.2, 0) is 11.3 Å². The largest absolute Gasteiger partial charge is 0.391 e. The first kappa shape index (κ1) is 26.0. The summed E-state index contributed by atoms with van der Waals surface area (Å²) in [6.07, 6.45) is 1.28. The molecule has 38 heavy (non-hydrogen) atoms. The molecular weight excluding hydrogens is 489 g/mol. The molecular formula is C28H32FN5O4. The molecule has 0 bridgehead atoms. The predicted octanol–water partition coefficient (Wildman–Crippen LogP) is 2.52. The maximum atomic E-state index is 13.7. The highest BCUT2D eigenvalue weighted by molar-refractivity contribution is 6.44. The lowest BCUT2D eigenvalue weighted by Gasteiger charge is -2.44. The summed E-state index contributed by atoms with van der Waals surface area (Å²) in [6.45, 7) is 8.11. The maximum absolute atomic E-state index is 13.7. The second-order valence-corrected chi connectivity index (χ2v) is 10.5. The first-order chi connectivity index (χ1) is 18.1. The number of fused-ring (bicyclic) bond motifs is 1. The van der Waals surface area contributed by atoms with Crippen LogP contribution in [0.1, 0.15) is 52.2 Å². The second-order valence-electron chi connectivity index (χ2n) is 10.5. The van der Waals surface area contributed by atoms with Crippen LogP contribution >= 0.6 is 0 Å². The van der Waals surface area contributed by atoms with Crippen LogP contribution in [0.5, 0.6) is 0 Å². The standard InChI is InChI=1S/C28H32FN5O4/c1-16-13-34(17(2)12-33(16)14-19-4-6-20(29)7-5-19)27(37)22-10-23-24(11-30-26(23)31-18(22)3)25(36)28(38)32-9-8-21(35)15-32/h4-7,10-11,16-17,21,35H,8-9,12-15H2,1-3H3,(H,30,31)/t16-,17+,21+/m0/s1. The van der Waals surface area contributed by atoms with Crippen LogP contribution < -0.4 is 0 Å². The van der Waals surface area contributed by atoms with Crippen LogP contribution in [0.2, 0.25) is 0 Å². The smallest absolute Gasteiger partial charge is 0.295 e. The van der Waals surface area contributed by atoms with E-state index < -0.39 is 17.8 Å². The van der Waals surface area contributed by atoms with Gasteiger partial charge in [-0.05, 0) is 51.0 Å². The van der Waals surface area contributed by atoms with Gasteiger partial charge in [0.25, 0.3) is 17.6 Å². The number of aryl methyl sites for hydroxylation is 1. The lowest BCUT2D eigenvalue weighted by Crippen LogP contribution is -2.57. The number of hydrogen-bond acceptors (Lipinski definition) is 6.